The molecule has 0 atom stereocenters. The number of ether oxygens (including phenoxy) is 1. The van der Waals surface area contributed by atoms with Crippen LogP contribution in [0.15, 0.2) is 12.1 Å². The third kappa shape index (κ3) is 3.74. The van der Waals surface area contributed by atoms with E-state index in [2.05, 4.69) is 4.90 Å². The lowest BCUT2D eigenvalue weighted by Gasteiger charge is -2.32. The first-order valence-electron chi connectivity index (χ1n) is 7.23. The molecular formula is C14H22BFN2O3. The quantitative estimate of drug-likeness (QED) is 0.737. The minimum atomic E-state index is -1.80. The predicted molar refractivity (Wildman–Crippen MR) is 81.3 cm³/mol. The molecule has 1 aromatic carbocycles. The third-order valence-electron chi connectivity index (χ3n) is 3.85. The molecule has 0 aliphatic carbocycles. The van der Waals surface area contributed by atoms with Crippen molar-refractivity contribution >= 4 is 18.3 Å². The largest absolute Gasteiger partial charge is 0.491 e. The topological polar surface area (TPSA) is 56.2 Å². The number of benzene rings is 1. The van der Waals surface area contributed by atoms with E-state index in [4.69, 9.17) is 4.74 Å². The van der Waals surface area contributed by atoms with Gasteiger partial charge in [0.15, 0.2) is 0 Å². The summed E-state index contributed by atoms with van der Waals surface area (Å²) < 4.78 is 20.0. The number of anilines is 1. The number of hydrogen-bond acceptors (Lipinski definition) is 5. The number of morpholine rings is 1. The molecule has 5 nitrogen and oxygen atoms in total. The van der Waals surface area contributed by atoms with Crippen LogP contribution in [0.5, 0.6) is 0 Å². The van der Waals surface area contributed by atoms with E-state index in [0.29, 0.717) is 38.4 Å². The van der Waals surface area contributed by atoms with E-state index in [1.807, 2.05) is 18.9 Å². The molecule has 1 heterocycles. The van der Waals surface area contributed by atoms with Gasteiger partial charge in [0.1, 0.15) is 5.82 Å². The summed E-state index contributed by atoms with van der Waals surface area (Å²) in [5.74, 6) is -0.533. The van der Waals surface area contributed by atoms with Crippen LogP contribution in [0.3, 0.4) is 0 Å². The van der Waals surface area contributed by atoms with Gasteiger partial charge >= 0.3 is 7.12 Å². The van der Waals surface area contributed by atoms with Gasteiger partial charge in [0.05, 0.1) is 13.2 Å². The van der Waals surface area contributed by atoms with Crippen molar-refractivity contribution in [3.63, 3.8) is 0 Å². The summed E-state index contributed by atoms with van der Waals surface area (Å²) in [7, 11) is 0.110. The minimum Gasteiger partial charge on any atom is -0.423 e. The molecule has 1 aromatic rings. The number of hydrogen-bond donors (Lipinski definition) is 2. The van der Waals surface area contributed by atoms with Gasteiger partial charge in [0, 0.05) is 36.3 Å². The Kier molecular flexibility index (Phi) is 5.58. The monoisotopic (exact) mass is 296 g/mol. The summed E-state index contributed by atoms with van der Waals surface area (Å²) >= 11 is 0. The molecule has 1 fully saturated rings. The standard InChI is InChI=1S/C14H22BFN2O3/c1-3-17(2)10-11-13(18-6-8-21-9-7-18)5-4-12(14(11)16)15(19)20/h4-5,19-20H,3,6-10H2,1-2H3. The zero-order valence-electron chi connectivity index (χ0n) is 12.5. The highest BCUT2D eigenvalue weighted by Crippen LogP contribution is 2.24. The van der Waals surface area contributed by atoms with Crippen LogP contribution in [0, 0.1) is 5.82 Å². The first-order chi connectivity index (χ1) is 10.0. The van der Waals surface area contributed by atoms with E-state index in [1.165, 1.54) is 6.07 Å². The van der Waals surface area contributed by atoms with Crippen LogP contribution in [0.1, 0.15) is 12.5 Å². The van der Waals surface area contributed by atoms with Crippen molar-refractivity contribution in [1.29, 1.82) is 0 Å². The van der Waals surface area contributed by atoms with Crippen LogP contribution in [0.2, 0.25) is 0 Å². The van der Waals surface area contributed by atoms with E-state index in [0.717, 1.165) is 12.2 Å². The average molecular weight is 296 g/mol. The lowest BCUT2D eigenvalue weighted by Crippen LogP contribution is -2.39. The molecule has 1 aliphatic rings. The van der Waals surface area contributed by atoms with Crippen LogP contribution < -0.4 is 10.4 Å². The highest BCUT2D eigenvalue weighted by Gasteiger charge is 2.24. The molecule has 0 spiro atoms. The second kappa shape index (κ2) is 7.22. The third-order valence-corrected chi connectivity index (χ3v) is 3.85. The molecular weight excluding hydrogens is 274 g/mol. The van der Waals surface area contributed by atoms with E-state index in [-0.39, 0.29) is 5.46 Å². The second-order valence-electron chi connectivity index (χ2n) is 5.27. The molecule has 7 heteroatoms. The van der Waals surface area contributed by atoms with Crippen molar-refractivity contribution < 1.29 is 19.2 Å². The number of rotatable bonds is 5. The molecule has 1 saturated heterocycles. The Labute approximate surface area is 125 Å². The predicted octanol–water partition coefficient (Wildman–Crippen LogP) is -0.206. The molecule has 2 N–H and O–H groups in total. The molecule has 21 heavy (non-hydrogen) atoms. The summed E-state index contributed by atoms with van der Waals surface area (Å²) in [5.41, 5.74) is 1.24. The van der Waals surface area contributed by atoms with E-state index < -0.39 is 12.9 Å². The Morgan fingerprint density at radius 3 is 2.57 bits per heavy atom. The number of halogens is 1. The van der Waals surface area contributed by atoms with Crippen LogP contribution in [0.25, 0.3) is 0 Å². The lowest BCUT2D eigenvalue weighted by molar-refractivity contribution is 0.122. The van der Waals surface area contributed by atoms with Crippen molar-refractivity contribution in [2.45, 2.75) is 13.5 Å². The first kappa shape index (κ1) is 16.2. The highest BCUT2D eigenvalue weighted by atomic mass is 19.1. The Morgan fingerprint density at radius 2 is 2.00 bits per heavy atom. The number of nitrogens with zero attached hydrogens (tertiary/aromatic N) is 2. The second-order valence-corrected chi connectivity index (χ2v) is 5.27. The maximum absolute atomic E-state index is 14.6. The maximum Gasteiger partial charge on any atom is 0.491 e. The molecule has 0 amide bonds. The normalized spacial score (nSPS) is 15.6. The minimum absolute atomic E-state index is 0.0773. The van der Waals surface area contributed by atoms with Crippen LogP contribution in [-0.4, -0.2) is 62.0 Å². The first-order valence-corrected chi connectivity index (χ1v) is 7.23. The maximum atomic E-state index is 14.6. The fourth-order valence-electron chi connectivity index (χ4n) is 2.46. The van der Waals surface area contributed by atoms with Gasteiger partial charge in [-0.3, -0.25) is 0 Å². The van der Waals surface area contributed by atoms with Gasteiger partial charge in [-0.25, -0.2) is 4.39 Å². The summed E-state index contributed by atoms with van der Waals surface area (Å²) in [6.07, 6.45) is 0. The highest BCUT2D eigenvalue weighted by molar-refractivity contribution is 6.58. The van der Waals surface area contributed by atoms with Crippen LogP contribution in [-0.2, 0) is 11.3 Å². The Balaban J connectivity index is 2.40. The summed E-state index contributed by atoms with van der Waals surface area (Å²) in [6.45, 7) is 5.87. The van der Waals surface area contributed by atoms with Crippen LogP contribution >= 0.6 is 0 Å². The lowest BCUT2D eigenvalue weighted by atomic mass is 9.78. The van der Waals surface area contributed by atoms with Gasteiger partial charge in [0.25, 0.3) is 0 Å². The summed E-state index contributed by atoms with van der Waals surface area (Å²) in [4.78, 5) is 4.06. The van der Waals surface area contributed by atoms with Crippen molar-refractivity contribution in [2.24, 2.45) is 0 Å². The molecule has 0 unspecified atom stereocenters. The van der Waals surface area contributed by atoms with Crippen molar-refractivity contribution in [3.05, 3.63) is 23.5 Å². The Bertz CT molecular complexity index is 482. The smallest absolute Gasteiger partial charge is 0.423 e. The van der Waals surface area contributed by atoms with Crippen molar-refractivity contribution in [1.82, 2.24) is 4.90 Å². The van der Waals surface area contributed by atoms with Crippen molar-refractivity contribution in [3.8, 4) is 0 Å². The fraction of sp³-hybridized carbons (Fsp3) is 0.571. The van der Waals surface area contributed by atoms with Gasteiger partial charge in [-0.1, -0.05) is 13.0 Å². The fourth-order valence-corrected chi connectivity index (χ4v) is 2.46. The zero-order chi connectivity index (χ0) is 15.4. The SMILES string of the molecule is CCN(C)Cc1c(N2CCOCC2)ccc(B(O)O)c1F. The van der Waals surface area contributed by atoms with Gasteiger partial charge < -0.3 is 24.6 Å². The molecule has 2 rings (SSSR count). The van der Waals surface area contributed by atoms with E-state index in [1.54, 1.807) is 6.07 Å². The van der Waals surface area contributed by atoms with Gasteiger partial charge in [-0.15, -0.1) is 0 Å². The van der Waals surface area contributed by atoms with E-state index in [9.17, 15) is 14.4 Å². The van der Waals surface area contributed by atoms with Crippen molar-refractivity contribution in [2.75, 3.05) is 44.8 Å². The average Bonchev–Trinajstić information content (AvgIpc) is 2.49. The molecule has 116 valence electrons. The molecule has 0 bridgehead atoms. The van der Waals surface area contributed by atoms with Gasteiger partial charge in [-0.05, 0) is 19.7 Å². The van der Waals surface area contributed by atoms with Gasteiger partial charge in [-0.2, -0.15) is 0 Å². The Hall–Kier alpha value is -1.15. The summed E-state index contributed by atoms with van der Waals surface area (Å²) in [6, 6.07) is 3.21. The molecule has 1 aliphatic heterocycles. The van der Waals surface area contributed by atoms with Gasteiger partial charge in [0.2, 0.25) is 0 Å². The molecule has 0 saturated carbocycles. The summed E-state index contributed by atoms with van der Waals surface area (Å²) in [5, 5.41) is 18.6. The zero-order valence-corrected chi connectivity index (χ0v) is 12.5. The van der Waals surface area contributed by atoms with Crippen LogP contribution in [0.4, 0.5) is 10.1 Å². The Morgan fingerprint density at radius 1 is 1.33 bits per heavy atom. The molecule has 0 radical (unpaired) electrons. The van der Waals surface area contributed by atoms with E-state index >= 15 is 0 Å². The molecule has 0 aromatic heterocycles.